The van der Waals surface area contributed by atoms with Gasteiger partial charge in [0.2, 0.25) is 0 Å². The van der Waals surface area contributed by atoms with E-state index in [2.05, 4.69) is 5.16 Å². The molecule has 0 heterocycles. The quantitative estimate of drug-likeness (QED) is 0.421. The van der Waals surface area contributed by atoms with Crippen LogP contribution in [0.3, 0.4) is 0 Å². The summed E-state index contributed by atoms with van der Waals surface area (Å²) in [7, 11) is 3.06. The monoisotopic (exact) mass is 365 g/mol. The molecule has 0 amide bonds. The maximum absolute atomic E-state index is 12.2. The van der Waals surface area contributed by atoms with Gasteiger partial charge < -0.3 is 19.0 Å². The van der Waals surface area contributed by atoms with Crippen molar-refractivity contribution >= 4 is 23.3 Å². The molecule has 0 aliphatic heterocycles. The first-order valence-electron chi connectivity index (χ1n) is 7.64. The predicted octanol–water partition coefficient (Wildman–Crippen LogP) is 3.29. The molecular weight excluding hydrogens is 346 g/mol. The van der Waals surface area contributed by atoms with Crippen molar-refractivity contribution < 1.29 is 23.8 Å². The molecule has 7 heteroatoms. The number of esters is 1. The molecule has 1 aliphatic rings. The second kappa shape index (κ2) is 9.25. The largest absolute Gasteiger partial charge is 0.497 e. The lowest BCUT2D eigenvalue weighted by Crippen LogP contribution is -2.31. The Morgan fingerprint density at radius 1 is 1.24 bits per heavy atom. The summed E-state index contributed by atoms with van der Waals surface area (Å²) < 4.78 is 16.2. The van der Waals surface area contributed by atoms with E-state index in [-0.39, 0.29) is 6.61 Å². The fourth-order valence-electron chi connectivity index (χ4n) is 2.28. The number of ether oxygens (including phenoxy) is 3. The topological polar surface area (TPSA) is 66.4 Å². The Morgan fingerprint density at radius 3 is 2.56 bits per heavy atom. The summed E-state index contributed by atoms with van der Waals surface area (Å²) in [5, 5.41) is 3.98. The molecule has 0 aromatic heterocycles. The lowest BCUT2D eigenvalue weighted by atomic mass is 9.98. The highest BCUT2D eigenvalue weighted by atomic mass is 35.5. The number of carbonyl (C=O) groups is 1. The highest BCUT2D eigenvalue weighted by Crippen LogP contribution is 2.22. The van der Waals surface area contributed by atoms with Gasteiger partial charge in [0.1, 0.15) is 24.2 Å². The molecule has 0 radical (unpaired) electrons. The molecule has 1 aromatic carbocycles. The van der Waals surface area contributed by atoms with Gasteiger partial charge in [-0.15, -0.1) is 0 Å². The SMILES string of the molecule is COC1=C(COC(=O)c2ccccc2)C(OC)/C(=N\OC(C)Cl)C=C1. The molecule has 2 unspecified atom stereocenters. The predicted molar refractivity (Wildman–Crippen MR) is 94.5 cm³/mol. The zero-order valence-corrected chi connectivity index (χ0v) is 15.0. The molecule has 0 spiro atoms. The molecule has 1 aliphatic carbocycles. The van der Waals surface area contributed by atoms with Crippen LogP contribution < -0.4 is 0 Å². The fraction of sp³-hybridized carbons (Fsp3) is 0.333. The number of allylic oxidation sites excluding steroid dienone is 1. The molecule has 0 N–H and O–H groups in total. The molecule has 0 saturated carbocycles. The summed E-state index contributed by atoms with van der Waals surface area (Å²) >= 11 is 5.75. The van der Waals surface area contributed by atoms with E-state index in [9.17, 15) is 4.79 Å². The standard InChI is InChI=1S/C18H20ClNO5/c1-12(19)25-20-15-9-10-16(22-2)14(17(15)23-3)11-24-18(21)13-7-5-4-6-8-13/h4-10,12,17H,11H2,1-3H3/b20-15-. The van der Waals surface area contributed by atoms with E-state index in [4.69, 9.17) is 30.6 Å². The Balaban J connectivity index is 2.16. The van der Waals surface area contributed by atoms with Crippen molar-refractivity contribution in [3.63, 3.8) is 0 Å². The molecule has 0 fully saturated rings. The molecule has 6 nitrogen and oxygen atoms in total. The lowest BCUT2D eigenvalue weighted by Gasteiger charge is -2.24. The molecule has 1 aromatic rings. The van der Waals surface area contributed by atoms with E-state index in [0.29, 0.717) is 22.6 Å². The number of benzene rings is 1. The van der Waals surface area contributed by atoms with Gasteiger partial charge in [0.05, 0.1) is 12.7 Å². The Hall–Kier alpha value is -2.31. The Morgan fingerprint density at radius 2 is 1.96 bits per heavy atom. The van der Waals surface area contributed by atoms with Crippen LogP contribution in [0.25, 0.3) is 0 Å². The van der Waals surface area contributed by atoms with E-state index < -0.39 is 17.6 Å². The summed E-state index contributed by atoms with van der Waals surface area (Å²) in [6.07, 6.45) is 2.84. The molecule has 0 bridgehead atoms. The van der Waals surface area contributed by atoms with E-state index in [1.54, 1.807) is 43.3 Å². The minimum atomic E-state index is -0.578. The molecule has 2 atom stereocenters. The highest BCUT2D eigenvalue weighted by Gasteiger charge is 2.28. The number of hydrogen-bond donors (Lipinski definition) is 0. The van der Waals surface area contributed by atoms with Gasteiger partial charge in [-0.25, -0.2) is 4.79 Å². The van der Waals surface area contributed by atoms with Gasteiger partial charge >= 0.3 is 5.97 Å². The highest BCUT2D eigenvalue weighted by molar-refractivity contribution is 6.19. The molecule has 2 rings (SSSR count). The van der Waals surface area contributed by atoms with E-state index >= 15 is 0 Å². The number of nitrogens with zero attached hydrogens (tertiary/aromatic N) is 1. The second-order valence-electron chi connectivity index (χ2n) is 5.15. The van der Waals surface area contributed by atoms with Crippen molar-refractivity contribution in [1.82, 2.24) is 0 Å². The van der Waals surface area contributed by atoms with Crippen LogP contribution in [0.5, 0.6) is 0 Å². The molecule has 0 saturated heterocycles. The maximum Gasteiger partial charge on any atom is 0.338 e. The van der Waals surface area contributed by atoms with Gasteiger partial charge in [-0.1, -0.05) is 35.0 Å². The summed E-state index contributed by atoms with van der Waals surface area (Å²) in [6.45, 7) is 1.65. The molecule has 134 valence electrons. The van der Waals surface area contributed by atoms with Crippen molar-refractivity contribution in [3.8, 4) is 0 Å². The summed E-state index contributed by atoms with van der Waals surface area (Å²) in [4.78, 5) is 17.2. The number of oxime groups is 1. The number of methoxy groups -OCH3 is 2. The minimum Gasteiger partial charge on any atom is -0.497 e. The average Bonchev–Trinajstić information content (AvgIpc) is 2.64. The van der Waals surface area contributed by atoms with Crippen molar-refractivity contribution in [2.75, 3.05) is 20.8 Å². The number of rotatable bonds is 7. The van der Waals surface area contributed by atoms with Gasteiger partial charge in [-0.3, -0.25) is 0 Å². The van der Waals surface area contributed by atoms with Gasteiger partial charge in [0.25, 0.3) is 0 Å². The Bertz CT molecular complexity index is 682. The van der Waals surface area contributed by atoms with Crippen molar-refractivity contribution in [3.05, 3.63) is 59.4 Å². The van der Waals surface area contributed by atoms with Crippen LogP contribution in [0.15, 0.2) is 59.0 Å². The van der Waals surface area contributed by atoms with Crippen molar-refractivity contribution in [2.24, 2.45) is 5.16 Å². The van der Waals surface area contributed by atoms with E-state index in [0.717, 1.165) is 0 Å². The van der Waals surface area contributed by atoms with Gasteiger partial charge in [-0.2, -0.15) is 0 Å². The minimum absolute atomic E-state index is 0.00477. The zero-order valence-electron chi connectivity index (χ0n) is 14.3. The van der Waals surface area contributed by atoms with E-state index in [1.165, 1.54) is 14.2 Å². The lowest BCUT2D eigenvalue weighted by molar-refractivity contribution is 0.0507. The first kappa shape index (κ1) is 19.0. The third-order valence-corrected chi connectivity index (χ3v) is 3.51. The number of alkyl halides is 1. The van der Waals surface area contributed by atoms with Crippen LogP contribution in [0.1, 0.15) is 17.3 Å². The van der Waals surface area contributed by atoms with Crippen LogP contribution in [0.2, 0.25) is 0 Å². The van der Waals surface area contributed by atoms with Crippen LogP contribution >= 0.6 is 11.6 Å². The molecular formula is C18H20ClNO5. The first-order valence-corrected chi connectivity index (χ1v) is 8.08. The van der Waals surface area contributed by atoms with Gasteiger partial charge in [0, 0.05) is 12.7 Å². The van der Waals surface area contributed by atoms with Crippen molar-refractivity contribution in [1.29, 1.82) is 0 Å². The Kier molecular flexibility index (Phi) is 7.03. The smallest absolute Gasteiger partial charge is 0.338 e. The fourth-order valence-corrected chi connectivity index (χ4v) is 2.32. The molecule has 25 heavy (non-hydrogen) atoms. The third-order valence-electron chi connectivity index (χ3n) is 3.43. The Labute approximate surface area is 151 Å². The van der Waals surface area contributed by atoms with Crippen LogP contribution in [-0.4, -0.2) is 44.2 Å². The van der Waals surface area contributed by atoms with E-state index in [1.807, 2.05) is 6.07 Å². The van der Waals surface area contributed by atoms with Crippen LogP contribution in [0.4, 0.5) is 0 Å². The normalized spacial score (nSPS) is 19.7. The van der Waals surface area contributed by atoms with Crippen molar-refractivity contribution in [2.45, 2.75) is 18.6 Å². The third kappa shape index (κ3) is 5.08. The number of hydrogen-bond acceptors (Lipinski definition) is 6. The van der Waals surface area contributed by atoms with Gasteiger partial charge in [-0.05, 0) is 31.2 Å². The average molecular weight is 366 g/mol. The zero-order chi connectivity index (χ0) is 18.2. The maximum atomic E-state index is 12.2. The summed E-state index contributed by atoms with van der Waals surface area (Å²) in [5.74, 6) is 0.114. The first-order chi connectivity index (χ1) is 12.1. The van der Waals surface area contributed by atoms with Crippen LogP contribution in [0, 0.1) is 0 Å². The number of halogens is 1. The van der Waals surface area contributed by atoms with Crippen LogP contribution in [-0.2, 0) is 19.0 Å². The number of carbonyl (C=O) groups excluding carboxylic acids is 1. The summed E-state index contributed by atoms with van der Waals surface area (Å²) in [5.41, 5.74) is 1.02. The van der Waals surface area contributed by atoms with Gasteiger partial charge in [0.15, 0.2) is 5.56 Å². The summed E-state index contributed by atoms with van der Waals surface area (Å²) in [6, 6.07) is 8.74. The second-order valence-corrected chi connectivity index (χ2v) is 5.76.